The van der Waals surface area contributed by atoms with E-state index in [1.165, 1.54) is 16.9 Å². The number of nitrogens with zero attached hydrogens (tertiary/aromatic N) is 8. The number of anilines is 3. The summed E-state index contributed by atoms with van der Waals surface area (Å²) in [5.41, 5.74) is 2.01. The van der Waals surface area contributed by atoms with Crippen molar-refractivity contribution >= 4 is 23.2 Å². The number of halogens is 1. The maximum atomic E-state index is 15.3. The number of nitriles is 2. The number of rotatable bonds is 8. The minimum absolute atomic E-state index is 0.175. The molecule has 3 aromatic rings. The van der Waals surface area contributed by atoms with E-state index in [0.29, 0.717) is 23.4 Å². The molecule has 238 valence electrons. The second-order valence-corrected chi connectivity index (χ2v) is 12.5. The summed E-state index contributed by atoms with van der Waals surface area (Å²) in [4.78, 5) is 31.6. The van der Waals surface area contributed by atoms with E-state index in [0.717, 1.165) is 45.1 Å². The Kier molecular flexibility index (Phi) is 8.97. The van der Waals surface area contributed by atoms with E-state index in [2.05, 4.69) is 48.3 Å². The molecule has 0 bridgehead atoms. The van der Waals surface area contributed by atoms with Crippen molar-refractivity contribution in [2.24, 2.45) is 5.41 Å². The first-order chi connectivity index (χ1) is 22.2. The van der Waals surface area contributed by atoms with Gasteiger partial charge in [0.05, 0.1) is 37.4 Å². The first-order valence-electron chi connectivity index (χ1n) is 15.4. The van der Waals surface area contributed by atoms with Crippen LogP contribution in [0.4, 0.5) is 21.7 Å². The van der Waals surface area contributed by atoms with Gasteiger partial charge in [-0.3, -0.25) is 9.69 Å². The normalized spacial score (nSPS) is 21.5. The number of hydrogen-bond donors (Lipinski definition) is 1. The summed E-state index contributed by atoms with van der Waals surface area (Å²) in [7, 11) is 0. The maximum absolute atomic E-state index is 15.3. The van der Waals surface area contributed by atoms with Crippen molar-refractivity contribution in [2.45, 2.75) is 38.6 Å². The van der Waals surface area contributed by atoms with Crippen molar-refractivity contribution in [3.05, 3.63) is 54.4 Å². The molecule has 1 N–H and O–H groups in total. The number of carbonyl (C=O) groups excluding carboxylic acids is 1. The van der Waals surface area contributed by atoms with Crippen LogP contribution in [0.25, 0.3) is 11.4 Å². The molecule has 0 aliphatic carbocycles. The lowest BCUT2D eigenvalue weighted by molar-refractivity contribution is -0.140. The fraction of sp³-hybridized carbons (Fsp3) is 0.455. The number of piperidine rings is 1. The van der Waals surface area contributed by atoms with Crippen molar-refractivity contribution in [3.63, 3.8) is 0 Å². The summed E-state index contributed by atoms with van der Waals surface area (Å²) in [5, 5.41) is 22.0. The topological polar surface area (TPSA) is 144 Å². The fourth-order valence-electron chi connectivity index (χ4n) is 6.20. The smallest absolute Gasteiger partial charge is 0.236 e. The van der Waals surface area contributed by atoms with Gasteiger partial charge in [0.2, 0.25) is 11.9 Å². The van der Waals surface area contributed by atoms with Gasteiger partial charge in [0, 0.05) is 55.1 Å². The minimum Gasteiger partial charge on any atom is -0.485 e. The van der Waals surface area contributed by atoms with Gasteiger partial charge in [0.15, 0.2) is 12.0 Å². The Balaban J connectivity index is 1.10. The molecular formula is C33H36FN9O3. The number of nitrogens with one attached hydrogen (secondary N) is 1. The quantitative estimate of drug-likeness (QED) is 0.393. The number of amides is 1. The van der Waals surface area contributed by atoms with Gasteiger partial charge in [-0.25, -0.2) is 14.4 Å². The van der Waals surface area contributed by atoms with E-state index < -0.39 is 23.6 Å². The van der Waals surface area contributed by atoms with Crippen molar-refractivity contribution in [1.29, 1.82) is 10.5 Å². The average Bonchev–Trinajstić information content (AvgIpc) is 3.03. The van der Waals surface area contributed by atoms with Crippen LogP contribution in [0.1, 0.15) is 25.8 Å². The molecule has 4 heterocycles. The fourth-order valence-corrected chi connectivity index (χ4v) is 6.20. The van der Waals surface area contributed by atoms with Gasteiger partial charge in [-0.2, -0.15) is 15.5 Å². The molecule has 3 aliphatic rings. The first kappa shape index (κ1) is 31.1. The number of carbonyl (C=O) groups is 1. The number of alkyl halides is 1. The van der Waals surface area contributed by atoms with Crippen LogP contribution >= 0.6 is 0 Å². The lowest BCUT2D eigenvalue weighted by Crippen LogP contribution is -2.58. The Labute approximate surface area is 267 Å². The predicted molar refractivity (Wildman–Crippen MR) is 168 cm³/mol. The van der Waals surface area contributed by atoms with Crippen LogP contribution in [0.5, 0.6) is 5.75 Å². The highest BCUT2D eigenvalue weighted by molar-refractivity contribution is 5.78. The average molecular weight is 626 g/mol. The Morgan fingerprint density at radius 1 is 1.11 bits per heavy atom. The van der Waals surface area contributed by atoms with Crippen LogP contribution in [0, 0.1) is 28.1 Å². The van der Waals surface area contributed by atoms with Gasteiger partial charge in [-0.15, -0.1) is 0 Å². The van der Waals surface area contributed by atoms with Crippen LogP contribution in [-0.4, -0.2) is 101 Å². The molecule has 3 saturated heterocycles. The number of piperazine rings is 1. The monoisotopic (exact) mass is 625 g/mol. The Morgan fingerprint density at radius 3 is 2.52 bits per heavy atom. The number of likely N-dealkylation sites (tertiary alicyclic amines) is 1. The summed E-state index contributed by atoms with van der Waals surface area (Å²) < 4.78 is 26.8. The Morgan fingerprint density at radius 2 is 1.87 bits per heavy atom. The van der Waals surface area contributed by atoms with Gasteiger partial charge in [-0.05, 0) is 42.5 Å². The van der Waals surface area contributed by atoms with Crippen LogP contribution in [0.15, 0.2) is 48.8 Å². The van der Waals surface area contributed by atoms with E-state index in [1.807, 2.05) is 18.2 Å². The van der Waals surface area contributed by atoms with Crippen LogP contribution in [0.2, 0.25) is 0 Å². The van der Waals surface area contributed by atoms with Gasteiger partial charge in [0.1, 0.15) is 30.7 Å². The molecule has 46 heavy (non-hydrogen) atoms. The Bertz CT molecular complexity index is 1640. The molecular weight excluding hydrogens is 589 g/mol. The number of aromatic nitrogens is 3. The maximum Gasteiger partial charge on any atom is 0.236 e. The van der Waals surface area contributed by atoms with Crippen molar-refractivity contribution in [2.75, 3.05) is 62.7 Å². The molecule has 0 radical (unpaired) electrons. The number of benzene rings is 2. The summed E-state index contributed by atoms with van der Waals surface area (Å²) in [5.74, 6) is 0.536. The lowest BCUT2D eigenvalue weighted by Gasteiger charge is -2.45. The predicted octanol–water partition coefficient (Wildman–Crippen LogP) is 3.54. The van der Waals surface area contributed by atoms with E-state index in [1.54, 1.807) is 32.0 Å². The molecule has 3 fully saturated rings. The summed E-state index contributed by atoms with van der Waals surface area (Å²) >= 11 is 0. The molecule has 1 aromatic heterocycles. The van der Waals surface area contributed by atoms with E-state index >= 15 is 4.39 Å². The zero-order valence-electron chi connectivity index (χ0n) is 25.9. The largest absolute Gasteiger partial charge is 0.485 e. The molecule has 2 aromatic carbocycles. The van der Waals surface area contributed by atoms with Gasteiger partial charge < -0.3 is 24.6 Å². The standard InChI is InChI=1S/C33H36FN9O3/c1-33(2)20-43(29(44)9-10-35)17-27(34)30(33)46-28-8-3-22(15-23(28)16-36)31-37-21-38-32(40-31)39-24-4-6-25(7-5-24)41-11-13-42(14-12-41)26-18-45-19-26/h3-8,15,21,26-27,30H,9,11-14,17-20H2,1-2H3,(H,37,38,39,40)/t27-,30+/m0/s1. The third-order valence-electron chi connectivity index (χ3n) is 8.80. The van der Waals surface area contributed by atoms with Crippen molar-refractivity contribution in [3.8, 4) is 29.3 Å². The summed E-state index contributed by atoms with van der Waals surface area (Å²) in [6, 6.07) is 17.6. The first-order valence-corrected chi connectivity index (χ1v) is 15.4. The van der Waals surface area contributed by atoms with Gasteiger partial charge in [-0.1, -0.05) is 13.8 Å². The summed E-state index contributed by atoms with van der Waals surface area (Å²) in [6.45, 7) is 9.36. The molecule has 1 amide bonds. The second kappa shape index (κ2) is 13.3. The second-order valence-electron chi connectivity index (χ2n) is 12.5. The van der Waals surface area contributed by atoms with Gasteiger partial charge >= 0.3 is 0 Å². The van der Waals surface area contributed by atoms with Crippen LogP contribution in [0.3, 0.4) is 0 Å². The zero-order valence-corrected chi connectivity index (χ0v) is 25.9. The van der Waals surface area contributed by atoms with Crippen LogP contribution in [-0.2, 0) is 9.53 Å². The highest BCUT2D eigenvalue weighted by Crippen LogP contribution is 2.36. The van der Waals surface area contributed by atoms with Gasteiger partial charge in [0.25, 0.3) is 0 Å². The molecule has 13 heteroatoms. The summed E-state index contributed by atoms with van der Waals surface area (Å²) in [6.07, 6.45) is -1.30. The molecule has 6 rings (SSSR count). The molecule has 0 spiro atoms. The third-order valence-corrected chi connectivity index (χ3v) is 8.80. The third kappa shape index (κ3) is 6.71. The zero-order chi connectivity index (χ0) is 32.3. The van der Waals surface area contributed by atoms with E-state index in [9.17, 15) is 10.1 Å². The van der Waals surface area contributed by atoms with E-state index in [-0.39, 0.29) is 30.8 Å². The minimum atomic E-state index is -1.50. The highest BCUT2D eigenvalue weighted by atomic mass is 19.1. The molecule has 0 unspecified atom stereocenters. The number of ether oxygens (including phenoxy) is 2. The lowest BCUT2D eigenvalue weighted by atomic mass is 9.80. The number of hydrogen-bond acceptors (Lipinski definition) is 11. The van der Waals surface area contributed by atoms with Crippen LogP contribution < -0.4 is 15.0 Å². The molecule has 12 nitrogen and oxygen atoms in total. The van der Waals surface area contributed by atoms with Crippen molar-refractivity contribution < 1.29 is 18.7 Å². The highest BCUT2D eigenvalue weighted by Gasteiger charge is 2.46. The molecule has 2 atom stereocenters. The van der Waals surface area contributed by atoms with Crippen molar-refractivity contribution in [1.82, 2.24) is 24.8 Å². The Hall–Kier alpha value is -4.85. The molecule has 3 aliphatic heterocycles. The SMILES string of the molecule is CC1(C)CN(C(=O)CC#N)C[C@H](F)[C@H]1Oc1ccc(-c2ncnc(Nc3ccc(N4CCN(C5COC5)CC4)cc3)n2)cc1C#N. The van der Waals surface area contributed by atoms with E-state index in [4.69, 9.17) is 14.7 Å². The molecule has 0 saturated carbocycles.